The van der Waals surface area contributed by atoms with Gasteiger partial charge in [0.15, 0.2) is 10.8 Å². The van der Waals surface area contributed by atoms with Crippen molar-refractivity contribution in [3.63, 3.8) is 0 Å². The number of nitrogens with one attached hydrogen (secondary N) is 1. The summed E-state index contributed by atoms with van der Waals surface area (Å²) in [5, 5.41) is 11.6. The molecule has 1 amide bonds. The number of thiophene rings is 1. The van der Waals surface area contributed by atoms with E-state index in [9.17, 15) is 14.0 Å². The van der Waals surface area contributed by atoms with E-state index in [1.54, 1.807) is 22.9 Å². The molecule has 0 aliphatic heterocycles. The normalized spacial score (nSPS) is 11.1. The Balaban J connectivity index is 1.80. The number of alkyl halides is 1. The summed E-state index contributed by atoms with van der Waals surface area (Å²) in [4.78, 5) is 30.1. The number of benzene rings is 1. The number of hydrogen-bond donors (Lipinski definition) is 2. The Labute approximate surface area is 172 Å². The summed E-state index contributed by atoms with van der Waals surface area (Å²) in [6.45, 7) is 1.42. The molecule has 0 fully saturated rings. The third-order valence-electron chi connectivity index (χ3n) is 4.30. The summed E-state index contributed by atoms with van der Waals surface area (Å²) < 4.78 is 13.7. The first-order chi connectivity index (χ1) is 14.0. The van der Waals surface area contributed by atoms with Crippen LogP contribution >= 0.6 is 22.7 Å². The number of fused-ring (bicyclic) bond motifs is 1. The van der Waals surface area contributed by atoms with Gasteiger partial charge in [0.1, 0.15) is 0 Å². The van der Waals surface area contributed by atoms with Crippen molar-refractivity contribution in [2.24, 2.45) is 0 Å². The first kappa shape index (κ1) is 19.2. The highest BCUT2D eigenvalue weighted by atomic mass is 32.1. The van der Waals surface area contributed by atoms with E-state index in [0.29, 0.717) is 26.9 Å². The predicted molar refractivity (Wildman–Crippen MR) is 114 cm³/mol. The van der Waals surface area contributed by atoms with Gasteiger partial charge in [-0.2, -0.15) is 9.78 Å². The topological polar surface area (TPSA) is 103 Å². The number of carbonyl (C=O) groups excluding carboxylic acids is 1. The lowest BCUT2D eigenvalue weighted by molar-refractivity contribution is 0.102. The Morgan fingerprint density at radius 1 is 1.24 bits per heavy atom. The zero-order valence-corrected chi connectivity index (χ0v) is 16.9. The van der Waals surface area contributed by atoms with Gasteiger partial charge in [0.05, 0.1) is 28.4 Å². The molecule has 7 nitrogen and oxygen atoms in total. The maximum absolute atomic E-state index is 13.0. The van der Waals surface area contributed by atoms with Crippen molar-refractivity contribution < 1.29 is 9.18 Å². The molecule has 4 aromatic rings. The van der Waals surface area contributed by atoms with E-state index in [1.165, 1.54) is 27.4 Å². The van der Waals surface area contributed by atoms with Crippen molar-refractivity contribution in [1.82, 2.24) is 14.8 Å². The number of hydrogen-bond acceptors (Lipinski definition) is 7. The van der Waals surface area contributed by atoms with Crippen LogP contribution in [0, 0.1) is 6.92 Å². The number of carbonyl (C=O) groups is 1. The van der Waals surface area contributed by atoms with Gasteiger partial charge in [-0.25, -0.2) is 4.98 Å². The summed E-state index contributed by atoms with van der Waals surface area (Å²) in [7, 11) is 0. The Morgan fingerprint density at radius 3 is 2.72 bits per heavy atom. The minimum Gasteiger partial charge on any atom is -0.390 e. The second kappa shape index (κ2) is 7.72. The van der Waals surface area contributed by atoms with Crippen LogP contribution in [0.5, 0.6) is 0 Å². The summed E-state index contributed by atoms with van der Waals surface area (Å²) in [5.41, 5.74) is 7.81. The van der Waals surface area contributed by atoms with Crippen molar-refractivity contribution in [3.8, 4) is 5.69 Å². The van der Waals surface area contributed by atoms with E-state index >= 15 is 0 Å². The SMILES string of the molecule is Cc1ccc(-n2nc(C(=O)Nc3nc(CCF)cs3)c3csc(N)c3c2=O)cc1. The molecule has 3 N–H and O–H groups in total. The fourth-order valence-corrected chi connectivity index (χ4v) is 4.36. The average molecular weight is 430 g/mol. The average Bonchev–Trinajstić information content (AvgIpc) is 3.30. The van der Waals surface area contributed by atoms with Crippen LogP contribution in [0.25, 0.3) is 16.5 Å². The summed E-state index contributed by atoms with van der Waals surface area (Å²) in [6, 6.07) is 7.21. The summed E-state index contributed by atoms with van der Waals surface area (Å²) >= 11 is 2.38. The minimum atomic E-state index is -0.519. The van der Waals surface area contributed by atoms with Gasteiger partial charge >= 0.3 is 0 Å². The molecule has 10 heteroatoms. The maximum atomic E-state index is 13.0. The molecular weight excluding hydrogens is 413 g/mol. The number of thiazole rings is 1. The van der Waals surface area contributed by atoms with Gasteiger partial charge in [0.2, 0.25) is 0 Å². The van der Waals surface area contributed by atoms with Crippen molar-refractivity contribution in [1.29, 1.82) is 0 Å². The number of aromatic nitrogens is 3. The summed E-state index contributed by atoms with van der Waals surface area (Å²) in [6.07, 6.45) is 0.189. The Hall–Kier alpha value is -3.11. The number of rotatable bonds is 5. The van der Waals surface area contributed by atoms with Crippen LogP contribution in [0.4, 0.5) is 14.5 Å². The highest BCUT2D eigenvalue weighted by Gasteiger charge is 2.21. The maximum Gasteiger partial charge on any atom is 0.282 e. The second-order valence-electron chi connectivity index (χ2n) is 6.33. The number of aryl methyl sites for hydroxylation is 2. The lowest BCUT2D eigenvalue weighted by atomic mass is 10.2. The van der Waals surface area contributed by atoms with Gasteiger partial charge in [-0.1, -0.05) is 17.7 Å². The van der Waals surface area contributed by atoms with Crippen molar-refractivity contribution in [2.45, 2.75) is 13.3 Å². The number of amides is 1. The van der Waals surface area contributed by atoms with E-state index in [4.69, 9.17) is 5.73 Å². The van der Waals surface area contributed by atoms with Gasteiger partial charge in [0.25, 0.3) is 11.5 Å². The molecule has 0 unspecified atom stereocenters. The van der Waals surface area contributed by atoms with Crippen LogP contribution in [0.2, 0.25) is 0 Å². The molecule has 0 saturated carbocycles. The number of halogens is 1. The lowest BCUT2D eigenvalue weighted by Crippen LogP contribution is -2.26. The van der Waals surface area contributed by atoms with Crippen LogP contribution in [-0.4, -0.2) is 27.3 Å². The zero-order chi connectivity index (χ0) is 20.5. The molecule has 0 bridgehead atoms. The molecule has 0 radical (unpaired) electrons. The molecule has 1 aromatic carbocycles. The monoisotopic (exact) mass is 429 g/mol. The van der Waals surface area contributed by atoms with Crippen molar-refractivity contribution in [2.75, 3.05) is 17.7 Å². The highest BCUT2D eigenvalue weighted by molar-refractivity contribution is 7.16. The standard InChI is InChI=1S/C19H16FN5O2S2/c1-10-2-4-12(5-3-10)25-18(27)14-13(9-28-16(14)21)15(24-25)17(26)23-19-22-11(6-7-20)8-29-19/h2-5,8-9H,6-7,21H2,1H3,(H,22,23,26). The predicted octanol–water partition coefficient (Wildman–Crippen LogP) is 3.56. The number of nitrogens with zero attached hydrogens (tertiary/aromatic N) is 3. The van der Waals surface area contributed by atoms with Gasteiger partial charge in [0, 0.05) is 22.6 Å². The van der Waals surface area contributed by atoms with Crippen LogP contribution in [0.15, 0.2) is 39.8 Å². The Morgan fingerprint density at radius 2 is 2.00 bits per heavy atom. The Bertz CT molecular complexity index is 1260. The molecule has 0 saturated heterocycles. The number of anilines is 2. The first-order valence-electron chi connectivity index (χ1n) is 8.66. The largest absolute Gasteiger partial charge is 0.390 e. The molecule has 29 heavy (non-hydrogen) atoms. The molecular formula is C19H16FN5O2S2. The first-order valence-corrected chi connectivity index (χ1v) is 10.4. The fourth-order valence-electron chi connectivity index (χ4n) is 2.83. The van der Waals surface area contributed by atoms with Gasteiger partial charge < -0.3 is 5.73 Å². The third kappa shape index (κ3) is 3.64. The number of nitrogen functional groups attached to an aromatic ring is 1. The summed E-state index contributed by atoms with van der Waals surface area (Å²) in [5.74, 6) is -0.519. The molecule has 148 valence electrons. The van der Waals surface area contributed by atoms with Crippen LogP contribution in [-0.2, 0) is 6.42 Å². The number of nitrogens with two attached hydrogens (primary N) is 1. The van der Waals surface area contributed by atoms with E-state index < -0.39 is 18.1 Å². The van der Waals surface area contributed by atoms with Crippen LogP contribution < -0.4 is 16.6 Å². The van der Waals surface area contributed by atoms with E-state index in [-0.39, 0.29) is 17.5 Å². The molecule has 0 aliphatic carbocycles. The molecule has 3 aromatic heterocycles. The van der Waals surface area contributed by atoms with Crippen molar-refractivity contribution in [3.05, 3.63) is 62.3 Å². The van der Waals surface area contributed by atoms with E-state index in [1.807, 2.05) is 19.1 Å². The fraction of sp³-hybridized carbons (Fsp3) is 0.158. The zero-order valence-electron chi connectivity index (χ0n) is 15.3. The van der Waals surface area contributed by atoms with Gasteiger partial charge in [-0.3, -0.25) is 19.3 Å². The van der Waals surface area contributed by atoms with Crippen LogP contribution in [0.3, 0.4) is 0 Å². The molecule has 0 atom stereocenters. The smallest absolute Gasteiger partial charge is 0.282 e. The quantitative estimate of drug-likeness (QED) is 0.505. The minimum absolute atomic E-state index is 0.0652. The molecule has 0 spiro atoms. The molecule has 4 rings (SSSR count). The molecule has 0 aliphatic rings. The highest BCUT2D eigenvalue weighted by Crippen LogP contribution is 2.28. The third-order valence-corrected chi connectivity index (χ3v) is 5.92. The van der Waals surface area contributed by atoms with Gasteiger partial charge in [-0.15, -0.1) is 22.7 Å². The molecule has 3 heterocycles. The second-order valence-corrected chi connectivity index (χ2v) is 8.10. The lowest BCUT2D eigenvalue weighted by Gasteiger charge is -2.09. The Kier molecular flexibility index (Phi) is 5.12. The van der Waals surface area contributed by atoms with Crippen LogP contribution in [0.1, 0.15) is 21.7 Å². The van der Waals surface area contributed by atoms with E-state index in [0.717, 1.165) is 5.56 Å². The van der Waals surface area contributed by atoms with E-state index in [2.05, 4.69) is 15.4 Å². The van der Waals surface area contributed by atoms with Crippen molar-refractivity contribution >= 4 is 49.5 Å². The van der Waals surface area contributed by atoms with Gasteiger partial charge in [-0.05, 0) is 19.1 Å².